The van der Waals surface area contributed by atoms with Gasteiger partial charge in [-0.25, -0.2) is 19.2 Å². The maximum atomic E-state index is 13.8. The summed E-state index contributed by atoms with van der Waals surface area (Å²) in [7, 11) is 0. The predicted molar refractivity (Wildman–Crippen MR) is 165 cm³/mol. The zero-order chi connectivity index (χ0) is 31.7. The van der Waals surface area contributed by atoms with Crippen molar-refractivity contribution in [3.63, 3.8) is 0 Å². The molecule has 2 atom stereocenters. The topological polar surface area (TPSA) is 127 Å². The number of carboxylic acid groups (broad SMARTS) is 2. The van der Waals surface area contributed by atoms with Gasteiger partial charge in [0, 0.05) is 0 Å². The van der Waals surface area contributed by atoms with Crippen molar-refractivity contribution in [2.75, 3.05) is 13.2 Å². The third kappa shape index (κ3) is 10.7. The van der Waals surface area contributed by atoms with E-state index < -0.39 is 35.0 Å². The molecule has 2 N–H and O–H groups in total. The van der Waals surface area contributed by atoms with Crippen LogP contribution in [0.2, 0.25) is 0 Å². The Bertz CT molecular complexity index is 948. The Morgan fingerprint density at radius 1 is 0.548 bits per heavy atom. The van der Waals surface area contributed by atoms with Crippen molar-refractivity contribution in [1.82, 2.24) is 0 Å². The first-order valence-corrected chi connectivity index (χ1v) is 16.1. The highest BCUT2D eigenvalue weighted by Crippen LogP contribution is 2.36. The summed E-state index contributed by atoms with van der Waals surface area (Å²) in [6.07, 6.45) is 9.74. The Kier molecular flexibility index (Phi) is 17.8. The molecule has 0 aliphatic rings. The van der Waals surface area contributed by atoms with Crippen molar-refractivity contribution in [2.24, 2.45) is 11.8 Å². The minimum Gasteiger partial charge on any atom is -0.478 e. The van der Waals surface area contributed by atoms with Crippen LogP contribution in [0.1, 0.15) is 171 Å². The number of rotatable bonds is 22. The second kappa shape index (κ2) is 20.1. The summed E-state index contributed by atoms with van der Waals surface area (Å²) in [5.41, 5.74) is -0.958. The Balaban J connectivity index is 4.25. The zero-order valence-electron chi connectivity index (χ0n) is 26.8. The number of carbonyl (C=O) groups is 4. The molecule has 8 nitrogen and oxygen atoms in total. The van der Waals surface area contributed by atoms with Crippen molar-refractivity contribution in [3.05, 3.63) is 33.4 Å². The molecule has 1 aromatic rings. The van der Waals surface area contributed by atoms with Gasteiger partial charge in [0.1, 0.15) is 0 Å². The summed E-state index contributed by atoms with van der Waals surface area (Å²) in [5.74, 6) is -4.46. The van der Waals surface area contributed by atoms with Crippen molar-refractivity contribution >= 4 is 23.9 Å². The lowest BCUT2D eigenvalue weighted by Crippen LogP contribution is -2.28. The van der Waals surface area contributed by atoms with Crippen LogP contribution in [-0.2, 0) is 22.3 Å². The number of esters is 2. The molecule has 0 saturated heterocycles. The molecule has 0 fully saturated rings. The molecule has 0 radical (unpaired) electrons. The van der Waals surface area contributed by atoms with Crippen LogP contribution < -0.4 is 0 Å². The Morgan fingerprint density at radius 2 is 0.881 bits per heavy atom. The number of carboxylic acids is 2. The van der Waals surface area contributed by atoms with Gasteiger partial charge in [0.15, 0.2) is 0 Å². The molecule has 0 aromatic heterocycles. The highest BCUT2D eigenvalue weighted by molar-refractivity contribution is 6.13. The summed E-state index contributed by atoms with van der Waals surface area (Å²) >= 11 is 0. The number of carbonyl (C=O) groups excluding carboxylic acids is 2. The van der Waals surface area contributed by atoms with Crippen molar-refractivity contribution in [2.45, 2.75) is 131 Å². The largest absolute Gasteiger partial charge is 0.478 e. The van der Waals surface area contributed by atoms with E-state index in [1.807, 2.05) is 27.7 Å². The van der Waals surface area contributed by atoms with Crippen LogP contribution in [0.4, 0.5) is 0 Å². The fraction of sp³-hybridized carbons (Fsp3) is 0.706. The fourth-order valence-electron chi connectivity index (χ4n) is 5.41. The monoisotopic (exact) mass is 590 g/mol. The van der Waals surface area contributed by atoms with E-state index in [2.05, 4.69) is 13.8 Å². The number of unbranched alkanes of at least 4 members (excludes halogenated alkanes) is 4. The van der Waals surface area contributed by atoms with Crippen LogP contribution in [0.25, 0.3) is 0 Å². The van der Waals surface area contributed by atoms with E-state index in [1.165, 1.54) is 0 Å². The van der Waals surface area contributed by atoms with Crippen LogP contribution >= 0.6 is 0 Å². The zero-order valence-corrected chi connectivity index (χ0v) is 26.8. The van der Waals surface area contributed by atoms with Gasteiger partial charge in [0.25, 0.3) is 0 Å². The number of hydrogen-bond acceptors (Lipinski definition) is 6. The molecule has 1 rings (SSSR count). The van der Waals surface area contributed by atoms with Crippen molar-refractivity contribution in [1.29, 1.82) is 0 Å². The van der Waals surface area contributed by atoms with Crippen molar-refractivity contribution in [3.8, 4) is 0 Å². The first-order chi connectivity index (χ1) is 20.1. The molecule has 0 spiro atoms. The molecule has 42 heavy (non-hydrogen) atoms. The number of ether oxygens (including phenoxy) is 2. The van der Waals surface area contributed by atoms with Crippen LogP contribution in [0.15, 0.2) is 0 Å². The maximum absolute atomic E-state index is 13.8. The lowest BCUT2D eigenvalue weighted by atomic mass is 9.78. The summed E-state index contributed by atoms with van der Waals surface area (Å²) in [6, 6.07) is 0. The van der Waals surface area contributed by atoms with Gasteiger partial charge in [-0.2, -0.15) is 0 Å². The van der Waals surface area contributed by atoms with Gasteiger partial charge in [-0.15, -0.1) is 0 Å². The normalized spacial score (nSPS) is 12.5. The highest BCUT2D eigenvalue weighted by atomic mass is 16.5. The average molecular weight is 591 g/mol. The molecule has 0 saturated carbocycles. The van der Waals surface area contributed by atoms with Crippen LogP contribution in [0.5, 0.6) is 0 Å². The molecule has 0 bridgehead atoms. The summed E-state index contributed by atoms with van der Waals surface area (Å²) in [5, 5.41) is 21.0. The number of aromatic carboxylic acids is 2. The lowest BCUT2D eigenvalue weighted by molar-refractivity contribution is 0.0448. The molecule has 0 amide bonds. The van der Waals surface area contributed by atoms with Gasteiger partial charge in [-0.3, -0.25) is 0 Å². The summed E-state index contributed by atoms with van der Waals surface area (Å²) in [6.45, 7) is 12.2. The van der Waals surface area contributed by atoms with E-state index in [-0.39, 0.29) is 60.1 Å². The van der Waals surface area contributed by atoms with Crippen molar-refractivity contribution < 1.29 is 38.9 Å². The first kappa shape index (κ1) is 37.1. The van der Waals surface area contributed by atoms with E-state index in [0.29, 0.717) is 25.7 Å². The van der Waals surface area contributed by atoms with E-state index in [4.69, 9.17) is 9.47 Å². The second-order valence-corrected chi connectivity index (χ2v) is 11.3. The molecule has 1 aromatic carbocycles. The molecule has 238 valence electrons. The summed E-state index contributed by atoms with van der Waals surface area (Å²) < 4.78 is 11.2. The number of benzene rings is 1. The van der Waals surface area contributed by atoms with Gasteiger partial charge in [0.2, 0.25) is 0 Å². The van der Waals surface area contributed by atoms with E-state index in [1.54, 1.807) is 0 Å². The van der Waals surface area contributed by atoms with Crippen LogP contribution in [-0.4, -0.2) is 47.3 Å². The van der Waals surface area contributed by atoms with E-state index in [0.717, 1.165) is 51.4 Å². The lowest BCUT2D eigenvalue weighted by Gasteiger charge is -2.26. The highest BCUT2D eigenvalue weighted by Gasteiger charge is 2.37. The standard InChI is InChI=1S/C34H54O8/c1-7-13-17-23(11-5)21-25-27(31(35)36)28(32(37)38)26(22-24(12-6)18-14-8-2)30(34(40)42-20-16-10-4)29(25)33(39)41-19-15-9-3/h23-24H,7-22H2,1-6H3,(H,35,36)(H,37,38). The Labute approximate surface area is 252 Å². The Morgan fingerprint density at radius 3 is 1.14 bits per heavy atom. The third-order valence-electron chi connectivity index (χ3n) is 8.08. The van der Waals surface area contributed by atoms with Gasteiger partial charge in [-0.05, 0) is 48.6 Å². The van der Waals surface area contributed by atoms with Gasteiger partial charge < -0.3 is 19.7 Å². The first-order valence-electron chi connectivity index (χ1n) is 16.1. The molecular weight excluding hydrogens is 536 g/mol. The smallest absolute Gasteiger partial charge is 0.339 e. The molecule has 8 heteroatoms. The molecule has 0 aliphatic heterocycles. The molecule has 0 heterocycles. The van der Waals surface area contributed by atoms with Crippen LogP contribution in [0.3, 0.4) is 0 Å². The van der Waals surface area contributed by atoms with Gasteiger partial charge in [0.05, 0.1) is 35.5 Å². The predicted octanol–water partition coefficient (Wildman–Crippen LogP) is 8.51. The SMILES string of the molecule is CCCCOC(=O)c1c(CC(CC)CCCC)c(C(=O)O)c(C(=O)O)c(CC(CC)CCCC)c1C(=O)OCCCC. The number of hydrogen-bond donors (Lipinski definition) is 2. The molecule has 2 unspecified atom stereocenters. The summed E-state index contributed by atoms with van der Waals surface area (Å²) in [4.78, 5) is 53.5. The van der Waals surface area contributed by atoms with Gasteiger partial charge >= 0.3 is 23.9 Å². The van der Waals surface area contributed by atoms with E-state index in [9.17, 15) is 29.4 Å². The minimum absolute atomic E-state index is 0.00496. The minimum atomic E-state index is -1.43. The van der Waals surface area contributed by atoms with Crippen LogP contribution in [0, 0.1) is 11.8 Å². The molecular formula is C34H54O8. The average Bonchev–Trinajstić information content (AvgIpc) is 2.96. The maximum Gasteiger partial charge on any atom is 0.339 e. The van der Waals surface area contributed by atoms with E-state index >= 15 is 0 Å². The second-order valence-electron chi connectivity index (χ2n) is 11.3. The quantitative estimate of drug-likeness (QED) is 0.102. The molecule has 0 aliphatic carbocycles. The Hall–Kier alpha value is -2.90. The van der Waals surface area contributed by atoms with Gasteiger partial charge in [-0.1, -0.05) is 106 Å². The third-order valence-corrected chi connectivity index (χ3v) is 8.08. The fourth-order valence-corrected chi connectivity index (χ4v) is 5.41.